The second-order valence-electron chi connectivity index (χ2n) is 8.14. The van der Waals surface area contributed by atoms with Crippen LogP contribution in [-0.2, 0) is 17.4 Å². The summed E-state index contributed by atoms with van der Waals surface area (Å²) in [6, 6.07) is 17.4. The Bertz CT molecular complexity index is 580. The molecule has 0 spiro atoms. The summed E-state index contributed by atoms with van der Waals surface area (Å²) >= 11 is 0. The van der Waals surface area contributed by atoms with Gasteiger partial charge in [0.2, 0.25) is 0 Å². The first-order valence-electron chi connectivity index (χ1n) is 8.10. The fourth-order valence-electron chi connectivity index (χ4n) is 2.42. The summed E-state index contributed by atoms with van der Waals surface area (Å²) in [7, 11) is 0. The van der Waals surface area contributed by atoms with Gasteiger partial charge in [-0.2, -0.15) is 0 Å². The molecule has 0 aliphatic rings. The molecule has 0 fully saturated rings. The van der Waals surface area contributed by atoms with Gasteiger partial charge in [0.15, 0.2) is 0 Å². The van der Waals surface area contributed by atoms with Gasteiger partial charge in [0.1, 0.15) is 0 Å². The lowest BCUT2D eigenvalue weighted by molar-refractivity contribution is 0.567. The van der Waals surface area contributed by atoms with Crippen molar-refractivity contribution in [1.82, 2.24) is 0 Å². The topological polar surface area (TPSA) is 12.0 Å². The Morgan fingerprint density at radius 1 is 0.727 bits per heavy atom. The lowest BCUT2D eigenvalue weighted by atomic mass is 9.79. The Hall–Kier alpha value is -1.76. The van der Waals surface area contributed by atoms with Gasteiger partial charge >= 0.3 is 0 Å². The van der Waals surface area contributed by atoms with Gasteiger partial charge in [-0.05, 0) is 39.7 Å². The van der Waals surface area contributed by atoms with Crippen molar-refractivity contribution in [1.29, 1.82) is 0 Å². The molecule has 1 N–H and O–H groups in total. The number of hydrogen-bond donors (Lipinski definition) is 1. The standard InChI is InChI=1S/C21H29N/c1-20(2,3)17-12-16(13-18(14-17)21(4,5)6)15-22-19-10-8-7-9-11-19/h7-14,22H,15H2,1-6H3. The van der Waals surface area contributed by atoms with E-state index in [1.54, 1.807) is 0 Å². The highest BCUT2D eigenvalue weighted by Gasteiger charge is 2.20. The van der Waals surface area contributed by atoms with Crippen LogP contribution >= 0.6 is 0 Å². The third-order valence-corrected chi connectivity index (χ3v) is 4.00. The number of hydrogen-bond acceptors (Lipinski definition) is 1. The minimum absolute atomic E-state index is 0.169. The molecule has 0 saturated carbocycles. The smallest absolute Gasteiger partial charge is 0.0400 e. The zero-order chi connectivity index (χ0) is 16.4. The van der Waals surface area contributed by atoms with E-state index in [0.717, 1.165) is 6.54 Å². The molecule has 0 amide bonds. The van der Waals surface area contributed by atoms with E-state index in [1.807, 2.05) is 6.07 Å². The predicted octanol–water partition coefficient (Wildman–Crippen LogP) is 5.89. The first-order valence-corrected chi connectivity index (χ1v) is 8.10. The highest BCUT2D eigenvalue weighted by atomic mass is 14.9. The average Bonchev–Trinajstić information content (AvgIpc) is 2.44. The molecule has 2 aromatic rings. The molecule has 0 aliphatic carbocycles. The van der Waals surface area contributed by atoms with Crippen molar-refractivity contribution in [3.8, 4) is 0 Å². The summed E-state index contributed by atoms with van der Waals surface area (Å²) in [5.74, 6) is 0. The molecule has 0 saturated heterocycles. The van der Waals surface area contributed by atoms with Crippen LogP contribution in [0.15, 0.2) is 48.5 Å². The summed E-state index contributed by atoms with van der Waals surface area (Å²) in [6.45, 7) is 14.5. The molecule has 2 aromatic carbocycles. The van der Waals surface area contributed by atoms with Crippen molar-refractivity contribution < 1.29 is 0 Å². The van der Waals surface area contributed by atoms with Crippen molar-refractivity contribution in [3.63, 3.8) is 0 Å². The molecular formula is C21H29N. The Labute approximate surface area is 135 Å². The van der Waals surface area contributed by atoms with Gasteiger partial charge < -0.3 is 5.32 Å². The van der Waals surface area contributed by atoms with E-state index in [4.69, 9.17) is 0 Å². The van der Waals surface area contributed by atoms with E-state index in [9.17, 15) is 0 Å². The number of benzene rings is 2. The molecule has 0 radical (unpaired) electrons. The maximum atomic E-state index is 3.52. The molecule has 0 heterocycles. The summed E-state index contributed by atoms with van der Waals surface area (Å²) in [5, 5.41) is 3.52. The van der Waals surface area contributed by atoms with Crippen molar-refractivity contribution in [3.05, 3.63) is 65.2 Å². The molecule has 0 atom stereocenters. The quantitative estimate of drug-likeness (QED) is 0.744. The van der Waals surface area contributed by atoms with Crippen LogP contribution in [0.2, 0.25) is 0 Å². The van der Waals surface area contributed by atoms with E-state index in [1.165, 1.54) is 22.4 Å². The van der Waals surface area contributed by atoms with Gasteiger partial charge in [0.05, 0.1) is 0 Å². The predicted molar refractivity (Wildman–Crippen MR) is 97.6 cm³/mol. The first-order chi connectivity index (χ1) is 10.2. The fraction of sp³-hybridized carbons (Fsp3) is 0.429. The normalized spacial score (nSPS) is 12.3. The lowest BCUT2D eigenvalue weighted by Gasteiger charge is -2.26. The van der Waals surface area contributed by atoms with Crippen LogP contribution in [0.5, 0.6) is 0 Å². The van der Waals surface area contributed by atoms with Crippen LogP contribution in [0.25, 0.3) is 0 Å². The maximum absolute atomic E-state index is 3.52. The fourth-order valence-corrected chi connectivity index (χ4v) is 2.42. The molecule has 1 heteroatoms. The Morgan fingerprint density at radius 2 is 1.23 bits per heavy atom. The molecule has 2 rings (SSSR count). The zero-order valence-corrected chi connectivity index (χ0v) is 14.8. The van der Waals surface area contributed by atoms with Crippen molar-refractivity contribution >= 4 is 5.69 Å². The molecule has 0 unspecified atom stereocenters. The summed E-state index contributed by atoms with van der Waals surface area (Å²) < 4.78 is 0. The molecule has 0 aromatic heterocycles. The third kappa shape index (κ3) is 4.37. The van der Waals surface area contributed by atoms with Gasteiger partial charge in [0, 0.05) is 12.2 Å². The van der Waals surface area contributed by atoms with E-state index in [-0.39, 0.29) is 10.8 Å². The van der Waals surface area contributed by atoms with Crippen molar-refractivity contribution in [2.75, 3.05) is 5.32 Å². The average molecular weight is 295 g/mol. The monoisotopic (exact) mass is 295 g/mol. The maximum Gasteiger partial charge on any atom is 0.0400 e. The third-order valence-electron chi connectivity index (χ3n) is 4.00. The van der Waals surface area contributed by atoms with Crippen LogP contribution in [0, 0.1) is 0 Å². The van der Waals surface area contributed by atoms with E-state index in [2.05, 4.69) is 89.3 Å². The molecular weight excluding hydrogens is 266 g/mol. The van der Waals surface area contributed by atoms with Gasteiger partial charge in [-0.25, -0.2) is 0 Å². The summed E-state index contributed by atoms with van der Waals surface area (Å²) in [6.07, 6.45) is 0. The van der Waals surface area contributed by atoms with Gasteiger partial charge in [0.25, 0.3) is 0 Å². The highest BCUT2D eigenvalue weighted by molar-refractivity contribution is 5.44. The van der Waals surface area contributed by atoms with E-state index >= 15 is 0 Å². The number of rotatable bonds is 3. The van der Waals surface area contributed by atoms with Crippen LogP contribution in [0.3, 0.4) is 0 Å². The SMILES string of the molecule is CC(C)(C)c1cc(CNc2ccccc2)cc(C(C)(C)C)c1. The minimum atomic E-state index is 0.169. The molecule has 22 heavy (non-hydrogen) atoms. The van der Waals surface area contributed by atoms with Crippen LogP contribution in [0.1, 0.15) is 58.2 Å². The molecule has 0 bridgehead atoms. The van der Waals surface area contributed by atoms with E-state index in [0.29, 0.717) is 0 Å². The molecule has 1 nitrogen and oxygen atoms in total. The Balaban J connectivity index is 2.30. The minimum Gasteiger partial charge on any atom is -0.381 e. The summed E-state index contributed by atoms with van der Waals surface area (Å²) in [5.41, 5.74) is 5.67. The van der Waals surface area contributed by atoms with Gasteiger partial charge in [-0.1, -0.05) is 77.9 Å². The van der Waals surface area contributed by atoms with Crippen LogP contribution < -0.4 is 5.32 Å². The Kier molecular flexibility index (Phi) is 4.65. The second kappa shape index (κ2) is 6.16. The highest BCUT2D eigenvalue weighted by Crippen LogP contribution is 2.30. The summed E-state index contributed by atoms with van der Waals surface area (Å²) in [4.78, 5) is 0. The molecule has 0 aliphatic heterocycles. The van der Waals surface area contributed by atoms with Crippen LogP contribution in [0.4, 0.5) is 5.69 Å². The van der Waals surface area contributed by atoms with Gasteiger partial charge in [-0.3, -0.25) is 0 Å². The van der Waals surface area contributed by atoms with Crippen molar-refractivity contribution in [2.24, 2.45) is 0 Å². The number of anilines is 1. The Morgan fingerprint density at radius 3 is 1.68 bits per heavy atom. The van der Waals surface area contributed by atoms with Gasteiger partial charge in [-0.15, -0.1) is 0 Å². The number of nitrogens with one attached hydrogen (secondary N) is 1. The van der Waals surface area contributed by atoms with Crippen molar-refractivity contribution in [2.45, 2.75) is 58.9 Å². The first kappa shape index (κ1) is 16.6. The number of para-hydroxylation sites is 1. The lowest BCUT2D eigenvalue weighted by Crippen LogP contribution is -2.17. The van der Waals surface area contributed by atoms with E-state index < -0.39 is 0 Å². The second-order valence-corrected chi connectivity index (χ2v) is 8.14. The molecule has 118 valence electrons. The zero-order valence-electron chi connectivity index (χ0n) is 14.8. The van der Waals surface area contributed by atoms with Crippen LogP contribution in [-0.4, -0.2) is 0 Å². The largest absolute Gasteiger partial charge is 0.381 e.